The lowest BCUT2D eigenvalue weighted by atomic mass is 10.0. The Bertz CT molecular complexity index is 803. The average molecular weight is 382 g/mol. The maximum atomic E-state index is 11.6. The highest BCUT2D eigenvalue weighted by Crippen LogP contribution is 2.24. The maximum absolute atomic E-state index is 11.6. The first-order valence-corrected chi connectivity index (χ1v) is 8.05. The highest BCUT2D eigenvalue weighted by molar-refractivity contribution is 5.96. The summed E-state index contributed by atoms with van der Waals surface area (Å²) in [5, 5.41) is 12.7. The number of halogens is 1. The molecule has 1 aromatic heterocycles. The van der Waals surface area contributed by atoms with Crippen LogP contribution in [0.25, 0.3) is 10.9 Å². The van der Waals surface area contributed by atoms with Gasteiger partial charge in [0.1, 0.15) is 11.3 Å². The predicted octanol–water partition coefficient (Wildman–Crippen LogP) is 3.39. The van der Waals surface area contributed by atoms with Gasteiger partial charge in [-0.1, -0.05) is 12.1 Å². The highest BCUT2D eigenvalue weighted by Gasteiger charge is 2.16. The van der Waals surface area contributed by atoms with Crippen molar-refractivity contribution in [1.29, 1.82) is 0 Å². The summed E-state index contributed by atoms with van der Waals surface area (Å²) in [5.74, 6) is -1.10. The summed E-state index contributed by atoms with van der Waals surface area (Å²) in [4.78, 5) is 27.0. The SMILES string of the molecule is CC(C)(C)OC(=O)NCCCc1cc(C(=O)O)nc2c(N)cccc12.Cl. The maximum Gasteiger partial charge on any atom is 0.407 e. The molecule has 2 aromatic rings. The van der Waals surface area contributed by atoms with Gasteiger partial charge >= 0.3 is 12.1 Å². The average Bonchev–Trinajstić information content (AvgIpc) is 2.50. The van der Waals surface area contributed by atoms with Crippen molar-refractivity contribution in [3.8, 4) is 0 Å². The lowest BCUT2D eigenvalue weighted by Gasteiger charge is -2.19. The molecule has 0 fully saturated rings. The van der Waals surface area contributed by atoms with E-state index in [1.807, 2.05) is 12.1 Å². The molecule has 0 atom stereocenters. The van der Waals surface area contributed by atoms with Crippen LogP contribution in [0.4, 0.5) is 10.5 Å². The predicted molar refractivity (Wildman–Crippen MR) is 103 cm³/mol. The number of para-hydroxylation sites is 1. The Balaban J connectivity index is 0.00000338. The Hall–Kier alpha value is -2.54. The van der Waals surface area contributed by atoms with Gasteiger partial charge in [-0.2, -0.15) is 0 Å². The van der Waals surface area contributed by atoms with Crippen LogP contribution in [-0.4, -0.2) is 34.3 Å². The molecule has 1 aromatic carbocycles. The van der Waals surface area contributed by atoms with Crippen LogP contribution >= 0.6 is 12.4 Å². The van der Waals surface area contributed by atoms with Gasteiger partial charge in [0.25, 0.3) is 0 Å². The number of nitrogen functional groups attached to an aromatic ring is 1. The molecular weight excluding hydrogens is 358 g/mol. The van der Waals surface area contributed by atoms with Gasteiger partial charge in [0.05, 0.1) is 11.2 Å². The number of aryl methyl sites for hydroxylation is 1. The van der Waals surface area contributed by atoms with Crippen molar-refractivity contribution in [1.82, 2.24) is 10.3 Å². The zero-order chi connectivity index (χ0) is 18.6. The van der Waals surface area contributed by atoms with Gasteiger partial charge in [-0.25, -0.2) is 14.6 Å². The van der Waals surface area contributed by atoms with Crippen molar-refractivity contribution in [2.24, 2.45) is 0 Å². The Morgan fingerprint density at radius 1 is 1.31 bits per heavy atom. The number of aromatic carboxylic acids is 1. The van der Waals surface area contributed by atoms with Crippen molar-refractivity contribution in [2.45, 2.75) is 39.2 Å². The number of carboxylic acid groups (broad SMARTS) is 1. The molecule has 0 aliphatic heterocycles. The second-order valence-electron chi connectivity index (χ2n) is 6.75. The largest absolute Gasteiger partial charge is 0.477 e. The van der Waals surface area contributed by atoms with Gasteiger partial charge in [-0.15, -0.1) is 12.4 Å². The molecule has 2 rings (SSSR count). The minimum atomic E-state index is -1.10. The standard InChI is InChI=1S/C18H23N3O4.ClH/c1-18(2,3)25-17(24)20-9-5-6-11-10-14(16(22)23)21-15-12(11)7-4-8-13(15)19;/h4,7-8,10H,5-6,9,19H2,1-3H3,(H,20,24)(H,22,23);1H. The summed E-state index contributed by atoms with van der Waals surface area (Å²) in [6.07, 6.45) is 0.743. The monoisotopic (exact) mass is 381 g/mol. The summed E-state index contributed by atoms with van der Waals surface area (Å²) in [6, 6.07) is 6.91. The third kappa shape index (κ3) is 5.77. The van der Waals surface area contributed by atoms with Gasteiger partial charge in [-0.05, 0) is 51.3 Å². The fraction of sp³-hybridized carbons (Fsp3) is 0.389. The second-order valence-corrected chi connectivity index (χ2v) is 6.75. The van der Waals surface area contributed by atoms with E-state index in [0.717, 1.165) is 10.9 Å². The number of hydrogen-bond donors (Lipinski definition) is 3. The number of rotatable bonds is 5. The number of aromatic nitrogens is 1. The lowest BCUT2D eigenvalue weighted by molar-refractivity contribution is 0.0526. The fourth-order valence-corrected chi connectivity index (χ4v) is 2.44. The van der Waals surface area contributed by atoms with Crippen molar-refractivity contribution < 1.29 is 19.4 Å². The molecule has 0 bridgehead atoms. The van der Waals surface area contributed by atoms with E-state index < -0.39 is 17.7 Å². The van der Waals surface area contributed by atoms with Crippen LogP contribution in [0.2, 0.25) is 0 Å². The van der Waals surface area contributed by atoms with Crippen molar-refractivity contribution in [2.75, 3.05) is 12.3 Å². The van der Waals surface area contributed by atoms with Crippen LogP contribution in [-0.2, 0) is 11.2 Å². The Morgan fingerprint density at radius 2 is 2.00 bits per heavy atom. The molecule has 4 N–H and O–H groups in total. The molecule has 1 amide bonds. The Labute approximate surface area is 158 Å². The van der Waals surface area contributed by atoms with Gasteiger partial charge in [0.2, 0.25) is 0 Å². The number of nitrogens with one attached hydrogen (secondary N) is 1. The van der Waals surface area contributed by atoms with Crippen LogP contribution < -0.4 is 11.1 Å². The van der Waals surface area contributed by atoms with Gasteiger partial charge in [0, 0.05) is 11.9 Å². The number of hydrogen-bond acceptors (Lipinski definition) is 5. The number of carbonyl (C=O) groups is 2. The number of carbonyl (C=O) groups excluding carboxylic acids is 1. The van der Waals surface area contributed by atoms with Crippen LogP contribution in [0.15, 0.2) is 24.3 Å². The molecule has 1 heterocycles. The van der Waals surface area contributed by atoms with E-state index in [4.69, 9.17) is 10.5 Å². The molecule has 142 valence electrons. The molecule has 0 spiro atoms. The zero-order valence-electron chi connectivity index (χ0n) is 15.0. The first-order valence-electron chi connectivity index (χ1n) is 8.05. The molecule has 7 nitrogen and oxygen atoms in total. The molecular formula is C18H24ClN3O4. The number of nitrogens with zero attached hydrogens (tertiary/aromatic N) is 1. The molecule has 0 saturated heterocycles. The van der Waals surface area contributed by atoms with Crippen LogP contribution in [0.5, 0.6) is 0 Å². The van der Waals surface area contributed by atoms with E-state index >= 15 is 0 Å². The van der Waals surface area contributed by atoms with Gasteiger partial charge in [0.15, 0.2) is 0 Å². The van der Waals surface area contributed by atoms with E-state index in [1.165, 1.54) is 0 Å². The number of alkyl carbamates (subject to hydrolysis) is 1. The summed E-state index contributed by atoms with van der Waals surface area (Å²) in [5.41, 5.74) is 7.09. The molecule has 0 saturated carbocycles. The van der Waals surface area contributed by atoms with E-state index in [2.05, 4.69) is 10.3 Å². The number of pyridine rings is 1. The lowest BCUT2D eigenvalue weighted by Crippen LogP contribution is -2.33. The molecule has 8 heteroatoms. The smallest absolute Gasteiger partial charge is 0.407 e. The minimum absolute atomic E-state index is 0. The summed E-state index contributed by atoms with van der Waals surface area (Å²) in [7, 11) is 0. The third-order valence-corrected chi connectivity index (χ3v) is 3.47. The summed E-state index contributed by atoms with van der Waals surface area (Å²) >= 11 is 0. The quantitative estimate of drug-likeness (QED) is 0.540. The molecule has 0 radical (unpaired) electrons. The molecule has 0 aliphatic rings. The summed E-state index contributed by atoms with van der Waals surface area (Å²) < 4.78 is 5.17. The fourth-order valence-electron chi connectivity index (χ4n) is 2.44. The number of carboxylic acids is 1. The zero-order valence-corrected chi connectivity index (χ0v) is 15.9. The van der Waals surface area contributed by atoms with Crippen molar-refractivity contribution in [3.63, 3.8) is 0 Å². The number of nitrogens with two attached hydrogens (primary N) is 1. The normalized spacial score (nSPS) is 10.9. The topological polar surface area (TPSA) is 115 Å². The molecule has 0 unspecified atom stereocenters. The number of anilines is 1. The molecule has 0 aliphatic carbocycles. The van der Waals surface area contributed by atoms with Gasteiger partial charge in [-0.3, -0.25) is 0 Å². The molecule has 26 heavy (non-hydrogen) atoms. The first kappa shape index (κ1) is 21.5. The number of ether oxygens (including phenoxy) is 1. The Morgan fingerprint density at radius 3 is 2.62 bits per heavy atom. The van der Waals surface area contributed by atoms with E-state index in [-0.39, 0.29) is 18.1 Å². The Kier molecular flexibility index (Phi) is 7.20. The number of benzene rings is 1. The van der Waals surface area contributed by atoms with Crippen LogP contribution in [0.1, 0.15) is 43.2 Å². The third-order valence-electron chi connectivity index (χ3n) is 3.47. The minimum Gasteiger partial charge on any atom is -0.477 e. The second kappa shape index (κ2) is 8.71. The first-order chi connectivity index (χ1) is 11.7. The number of fused-ring (bicyclic) bond motifs is 1. The van der Waals surface area contributed by atoms with Crippen LogP contribution in [0.3, 0.4) is 0 Å². The van der Waals surface area contributed by atoms with E-state index in [9.17, 15) is 14.7 Å². The van der Waals surface area contributed by atoms with E-state index in [1.54, 1.807) is 32.9 Å². The van der Waals surface area contributed by atoms with Crippen LogP contribution in [0, 0.1) is 0 Å². The number of amides is 1. The summed E-state index contributed by atoms with van der Waals surface area (Å²) in [6.45, 7) is 5.82. The van der Waals surface area contributed by atoms with Gasteiger partial charge < -0.3 is 20.9 Å². The van der Waals surface area contributed by atoms with Crippen molar-refractivity contribution in [3.05, 3.63) is 35.5 Å². The van der Waals surface area contributed by atoms with E-state index in [0.29, 0.717) is 30.6 Å². The highest BCUT2D eigenvalue weighted by atomic mass is 35.5. The van der Waals surface area contributed by atoms with Crippen molar-refractivity contribution >= 4 is 41.1 Å².